The molecular formula is C21H19BrClNO2. The smallest absolute Gasteiger partial charge is 0.237 e. The maximum atomic E-state index is 13.1. The summed E-state index contributed by atoms with van der Waals surface area (Å²) in [5, 5.41) is 0.503. The van der Waals surface area contributed by atoms with E-state index in [0.717, 1.165) is 29.3 Å². The van der Waals surface area contributed by atoms with E-state index in [4.69, 9.17) is 11.6 Å². The molecule has 4 rings (SSSR count). The molecular weight excluding hydrogens is 414 g/mol. The third-order valence-electron chi connectivity index (χ3n) is 5.68. The number of benzene rings is 2. The number of carbonyl (C=O) groups excluding carboxylic acids is 2. The lowest BCUT2D eigenvalue weighted by Gasteiger charge is -2.28. The van der Waals surface area contributed by atoms with E-state index in [1.54, 1.807) is 6.07 Å². The summed E-state index contributed by atoms with van der Waals surface area (Å²) in [5.41, 5.74) is 2.73. The van der Waals surface area contributed by atoms with Crippen LogP contribution in [0.15, 0.2) is 46.9 Å². The van der Waals surface area contributed by atoms with E-state index < -0.39 is 0 Å². The maximum absolute atomic E-state index is 13.1. The molecule has 2 aliphatic rings. The predicted octanol–water partition coefficient (Wildman–Crippen LogP) is 5.48. The van der Waals surface area contributed by atoms with Gasteiger partial charge in [0.1, 0.15) is 0 Å². The van der Waals surface area contributed by atoms with Crippen LogP contribution < -0.4 is 4.90 Å². The zero-order valence-electron chi connectivity index (χ0n) is 14.4. The first-order chi connectivity index (χ1) is 12.5. The van der Waals surface area contributed by atoms with Gasteiger partial charge in [0.2, 0.25) is 11.8 Å². The van der Waals surface area contributed by atoms with Crippen molar-refractivity contribution in [2.75, 3.05) is 4.90 Å². The lowest BCUT2D eigenvalue weighted by Crippen LogP contribution is -2.31. The lowest BCUT2D eigenvalue weighted by molar-refractivity contribution is -0.122. The van der Waals surface area contributed by atoms with E-state index in [1.165, 1.54) is 10.5 Å². The van der Waals surface area contributed by atoms with Crippen LogP contribution >= 0.6 is 27.5 Å². The molecule has 26 heavy (non-hydrogen) atoms. The van der Waals surface area contributed by atoms with Crippen LogP contribution in [-0.4, -0.2) is 11.8 Å². The van der Waals surface area contributed by atoms with Gasteiger partial charge in [0, 0.05) is 4.47 Å². The number of amides is 2. The lowest BCUT2D eigenvalue weighted by atomic mass is 9.73. The number of hydrogen-bond donors (Lipinski definition) is 0. The first-order valence-electron chi connectivity index (χ1n) is 8.85. The summed E-state index contributed by atoms with van der Waals surface area (Å²) in [7, 11) is 0. The van der Waals surface area contributed by atoms with Gasteiger partial charge >= 0.3 is 0 Å². The Hall–Kier alpha value is -1.65. The molecule has 0 spiro atoms. The molecule has 0 unspecified atom stereocenters. The van der Waals surface area contributed by atoms with Gasteiger partial charge in [-0.15, -0.1) is 0 Å². The second-order valence-corrected chi connectivity index (χ2v) is 8.46. The van der Waals surface area contributed by atoms with Crippen LogP contribution in [0.1, 0.15) is 36.3 Å². The minimum atomic E-state index is -0.233. The zero-order valence-corrected chi connectivity index (χ0v) is 16.8. The van der Waals surface area contributed by atoms with E-state index in [1.807, 2.05) is 31.2 Å². The van der Waals surface area contributed by atoms with Crippen molar-refractivity contribution < 1.29 is 9.59 Å². The van der Waals surface area contributed by atoms with Gasteiger partial charge in [0.05, 0.1) is 22.5 Å². The van der Waals surface area contributed by atoms with Crippen LogP contribution in [0.4, 0.5) is 5.69 Å². The summed E-state index contributed by atoms with van der Waals surface area (Å²) in [6.07, 6.45) is 2.44. The summed E-state index contributed by atoms with van der Waals surface area (Å²) in [5.74, 6) is -0.258. The van der Waals surface area contributed by atoms with Crippen molar-refractivity contribution in [2.45, 2.75) is 32.1 Å². The summed E-state index contributed by atoms with van der Waals surface area (Å²) < 4.78 is 0.765. The highest BCUT2D eigenvalue weighted by molar-refractivity contribution is 9.10. The fourth-order valence-electron chi connectivity index (χ4n) is 4.32. The van der Waals surface area contributed by atoms with Gasteiger partial charge in [0.25, 0.3) is 0 Å². The monoisotopic (exact) mass is 431 g/mol. The molecule has 2 aromatic carbocycles. The summed E-state index contributed by atoms with van der Waals surface area (Å²) in [6.45, 7) is 1.89. The molecule has 5 heteroatoms. The number of halogens is 2. The Labute approximate surface area is 166 Å². The highest BCUT2D eigenvalue weighted by Gasteiger charge is 2.51. The quantitative estimate of drug-likeness (QED) is 0.589. The van der Waals surface area contributed by atoms with Gasteiger partial charge in [-0.1, -0.05) is 41.9 Å². The molecule has 134 valence electrons. The normalized spacial score (nSPS) is 25.5. The molecule has 1 aliphatic carbocycles. The third kappa shape index (κ3) is 2.89. The molecule has 3 nitrogen and oxygen atoms in total. The fraction of sp³-hybridized carbons (Fsp3) is 0.333. The van der Waals surface area contributed by atoms with E-state index in [2.05, 4.69) is 28.1 Å². The topological polar surface area (TPSA) is 37.4 Å². The highest BCUT2D eigenvalue weighted by atomic mass is 79.9. The Bertz CT molecular complexity index is 883. The van der Waals surface area contributed by atoms with Crippen LogP contribution in [0.25, 0.3) is 0 Å². The predicted molar refractivity (Wildman–Crippen MR) is 106 cm³/mol. The van der Waals surface area contributed by atoms with Gasteiger partial charge in [-0.3, -0.25) is 9.59 Å². The summed E-state index contributed by atoms with van der Waals surface area (Å²) in [6, 6.07) is 13.9. The van der Waals surface area contributed by atoms with Crippen molar-refractivity contribution >= 4 is 45.0 Å². The standard InChI is InChI=1S/C21H19BrClNO2/c1-12-9-17(22)18(23)11-19(12)24-20(25)15-8-7-14(10-16(15)21(24)26)13-5-3-2-4-6-13/h2-6,9,11,14-16H,7-8,10H2,1H3/t14-,15-,16-/m0/s1. The largest absolute Gasteiger partial charge is 0.274 e. The second kappa shape index (κ2) is 6.82. The molecule has 0 N–H and O–H groups in total. The molecule has 2 fully saturated rings. The highest BCUT2D eigenvalue weighted by Crippen LogP contribution is 2.46. The SMILES string of the molecule is Cc1cc(Br)c(Cl)cc1N1C(=O)[C@H]2CC[C@H](c3ccccc3)C[C@@H]2C1=O. The van der Waals surface area contributed by atoms with Crippen molar-refractivity contribution in [3.05, 3.63) is 63.1 Å². The zero-order chi connectivity index (χ0) is 18.4. The third-order valence-corrected chi connectivity index (χ3v) is 6.87. The molecule has 0 bridgehead atoms. The van der Waals surface area contributed by atoms with Gasteiger partial charge in [-0.05, 0) is 71.3 Å². The van der Waals surface area contributed by atoms with Crippen LogP contribution in [-0.2, 0) is 9.59 Å². The molecule has 0 aromatic heterocycles. The molecule has 3 atom stereocenters. The Morgan fingerprint density at radius 1 is 1.04 bits per heavy atom. The minimum absolute atomic E-state index is 0.0759. The van der Waals surface area contributed by atoms with Crippen LogP contribution in [0, 0.1) is 18.8 Å². The van der Waals surface area contributed by atoms with Crippen LogP contribution in [0.2, 0.25) is 5.02 Å². The van der Waals surface area contributed by atoms with E-state index >= 15 is 0 Å². The molecule has 1 saturated carbocycles. The second-order valence-electron chi connectivity index (χ2n) is 7.20. The van der Waals surface area contributed by atoms with Crippen molar-refractivity contribution in [3.8, 4) is 0 Å². The van der Waals surface area contributed by atoms with Gasteiger partial charge < -0.3 is 0 Å². The van der Waals surface area contributed by atoms with Crippen molar-refractivity contribution in [1.29, 1.82) is 0 Å². The van der Waals surface area contributed by atoms with E-state index in [9.17, 15) is 9.59 Å². The summed E-state index contributed by atoms with van der Waals surface area (Å²) in [4.78, 5) is 27.5. The molecule has 1 saturated heterocycles. The van der Waals surface area contributed by atoms with Gasteiger partial charge in [-0.2, -0.15) is 0 Å². The molecule has 2 aromatic rings. The van der Waals surface area contributed by atoms with Crippen molar-refractivity contribution in [3.63, 3.8) is 0 Å². The van der Waals surface area contributed by atoms with Crippen LogP contribution in [0.5, 0.6) is 0 Å². The number of anilines is 1. The number of fused-ring (bicyclic) bond motifs is 1. The van der Waals surface area contributed by atoms with Crippen LogP contribution in [0.3, 0.4) is 0 Å². The Kier molecular flexibility index (Phi) is 4.66. The number of imide groups is 1. The van der Waals surface area contributed by atoms with E-state index in [0.29, 0.717) is 16.6 Å². The minimum Gasteiger partial charge on any atom is -0.274 e. The van der Waals surface area contributed by atoms with Crippen molar-refractivity contribution in [1.82, 2.24) is 0 Å². The number of aryl methyl sites for hydroxylation is 1. The number of carbonyl (C=O) groups is 2. The average Bonchev–Trinajstić information content (AvgIpc) is 2.89. The number of rotatable bonds is 2. The number of hydrogen-bond acceptors (Lipinski definition) is 2. The maximum Gasteiger partial charge on any atom is 0.237 e. The first-order valence-corrected chi connectivity index (χ1v) is 10.0. The van der Waals surface area contributed by atoms with Gasteiger partial charge in [-0.25, -0.2) is 4.90 Å². The summed E-state index contributed by atoms with van der Waals surface area (Å²) >= 11 is 9.61. The Morgan fingerprint density at radius 2 is 1.73 bits per heavy atom. The Morgan fingerprint density at radius 3 is 2.46 bits per heavy atom. The molecule has 1 aliphatic heterocycles. The first kappa shape index (κ1) is 17.7. The fourth-order valence-corrected chi connectivity index (χ4v) is 4.94. The molecule has 1 heterocycles. The average molecular weight is 433 g/mol. The van der Waals surface area contributed by atoms with Crippen molar-refractivity contribution in [2.24, 2.45) is 11.8 Å². The molecule has 2 amide bonds. The molecule has 0 radical (unpaired) electrons. The number of nitrogens with zero attached hydrogens (tertiary/aromatic N) is 1. The van der Waals surface area contributed by atoms with Gasteiger partial charge in [0.15, 0.2) is 0 Å². The Balaban J connectivity index is 1.65. The van der Waals surface area contributed by atoms with E-state index in [-0.39, 0.29) is 23.7 Å².